The van der Waals surface area contributed by atoms with Crippen LogP contribution in [0.4, 0.5) is 4.39 Å². The topological polar surface area (TPSA) is 59.0 Å². The predicted octanol–water partition coefficient (Wildman–Crippen LogP) is 4.35. The molecule has 160 valence electrons. The number of fused-ring (bicyclic) bond motifs is 1. The van der Waals surface area contributed by atoms with Crippen molar-refractivity contribution in [3.05, 3.63) is 59.4 Å². The molecule has 3 unspecified atom stereocenters. The number of halogens is 1. The Morgan fingerprint density at radius 1 is 1.13 bits per heavy atom. The average molecular weight is 413 g/mol. The number of benzene rings is 2. The van der Waals surface area contributed by atoms with E-state index in [1.54, 1.807) is 31.3 Å². The first-order chi connectivity index (χ1) is 14.5. The molecule has 2 aromatic carbocycles. The first kappa shape index (κ1) is 20.7. The summed E-state index contributed by atoms with van der Waals surface area (Å²) in [7, 11) is 3.19. The number of nitrogens with zero attached hydrogens (tertiary/aromatic N) is 1. The Kier molecular flexibility index (Phi) is 5.69. The van der Waals surface area contributed by atoms with E-state index in [1.165, 1.54) is 12.1 Å². The third-order valence-electron chi connectivity index (χ3n) is 6.66. The van der Waals surface area contributed by atoms with Gasteiger partial charge in [-0.3, -0.25) is 4.79 Å². The summed E-state index contributed by atoms with van der Waals surface area (Å²) in [6.45, 7) is 0.396. The van der Waals surface area contributed by atoms with Gasteiger partial charge in [-0.15, -0.1) is 0 Å². The number of ether oxygens (including phenoxy) is 2. The number of rotatable bonds is 4. The van der Waals surface area contributed by atoms with Gasteiger partial charge < -0.3 is 19.5 Å². The molecule has 0 aromatic heterocycles. The van der Waals surface area contributed by atoms with Gasteiger partial charge in [-0.05, 0) is 55.7 Å². The van der Waals surface area contributed by atoms with Crippen molar-refractivity contribution in [3.63, 3.8) is 0 Å². The maximum absolute atomic E-state index is 13.8. The number of likely N-dealkylation sites (tertiary alicyclic amines) is 1. The summed E-state index contributed by atoms with van der Waals surface area (Å²) in [5, 5.41) is 11.5. The van der Waals surface area contributed by atoms with Crippen LogP contribution in [0.25, 0.3) is 0 Å². The van der Waals surface area contributed by atoms with E-state index in [0.29, 0.717) is 30.0 Å². The molecule has 1 saturated heterocycles. The van der Waals surface area contributed by atoms with Crippen LogP contribution >= 0.6 is 0 Å². The van der Waals surface area contributed by atoms with Crippen molar-refractivity contribution in [1.29, 1.82) is 0 Å². The Balaban J connectivity index is 1.82. The molecule has 2 fully saturated rings. The normalized spacial score (nSPS) is 26.1. The standard InChI is InChI=1S/C24H28FNO4/c1-29-18-9-10-21(30-2)19(15-18)22-20-8-3-4-11-24(20,28)12-13-26(22)23(27)16-6-5-7-17(25)14-16/h5-7,9-10,14-15,20,22,28H,3-4,8,11-13H2,1-2H3. The van der Waals surface area contributed by atoms with Gasteiger partial charge in [0.05, 0.1) is 25.9 Å². The molecule has 5 nitrogen and oxygen atoms in total. The van der Waals surface area contributed by atoms with Gasteiger partial charge in [0.25, 0.3) is 5.91 Å². The Labute approximate surface area is 176 Å². The minimum absolute atomic E-state index is 0.126. The molecule has 1 amide bonds. The molecule has 2 aromatic rings. The third kappa shape index (κ3) is 3.65. The van der Waals surface area contributed by atoms with Crippen molar-refractivity contribution in [3.8, 4) is 11.5 Å². The Hall–Kier alpha value is -2.60. The highest BCUT2D eigenvalue weighted by atomic mass is 19.1. The van der Waals surface area contributed by atoms with E-state index >= 15 is 0 Å². The molecule has 0 spiro atoms. The second-order valence-corrected chi connectivity index (χ2v) is 8.27. The minimum atomic E-state index is -0.824. The second kappa shape index (κ2) is 8.26. The highest BCUT2D eigenvalue weighted by Crippen LogP contribution is 2.51. The lowest BCUT2D eigenvalue weighted by Crippen LogP contribution is -2.56. The molecule has 3 atom stereocenters. The first-order valence-electron chi connectivity index (χ1n) is 10.5. The monoisotopic (exact) mass is 413 g/mol. The molecule has 30 heavy (non-hydrogen) atoms. The van der Waals surface area contributed by atoms with E-state index in [2.05, 4.69) is 0 Å². The zero-order valence-corrected chi connectivity index (χ0v) is 17.4. The lowest BCUT2D eigenvalue weighted by atomic mass is 9.66. The molecule has 6 heteroatoms. The maximum Gasteiger partial charge on any atom is 0.254 e. The lowest BCUT2D eigenvalue weighted by Gasteiger charge is -2.52. The van der Waals surface area contributed by atoms with Crippen molar-refractivity contribution < 1.29 is 23.8 Å². The number of hydrogen-bond acceptors (Lipinski definition) is 4. The Morgan fingerprint density at radius 3 is 2.70 bits per heavy atom. The highest BCUT2D eigenvalue weighted by molar-refractivity contribution is 5.94. The van der Waals surface area contributed by atoms with Crippen molar-refractivity contribution >= 4 is 5.91 Å². The van der Waals surface area contributed by atoms with Gasteiger partial charge in [-0.1, -0.05) is 18.9 Å². The number of amides is 1. The van der Waals surface area contributed by atoms with E-state index in [-0.39, 0.29) is 17.9 Å². The molecule has 2 aliphatic rings. The summed E-state index contributed by atoms with van der Waals surface area (Å²) >= 11 is 0. The summed E-state index contributed by atoms with van der Waals surface area (Å²) in [5.74, 6) is 0.500. The molecular formula is C24H28FNO4. The van der Waals surface area contributed by atoms with Crippen LogP contribution in [0.5, 0.6) is 11.5 Å². The molecule has 1 saturated carbocycles. The maximum atomic E-state index is 13.8. The van der Waals surface area contributed by atoms with Crippen molar-refractivity contribution in [2.75, 3.05) is 20.8 Å². The van der Waals surface area contributed by atoms with Crippen LogP contribution < -0.4 is 9.47 Å². The summed E-state index contributed by atoms with van der Waals surface area (Å²) in [5.41, 5.74) is 0.296. The van der Waals surface area contributed by atoms with Crippen LogP contribution in [0.1, 0.15) is 54.1 Å². The van der Waals surface area contributed by atoms with Gasteiger partial charge in [0.2, 0.25) is 0 Å². The van der Waals surface area contributed by atoms with Gasteiger partial charge in [0.15, 0.2) is 0 Å². The molecule has 1 heterocycles. The third-order valence-corrected chi connectivity index (χ3v) is 6.66. The number of aliphatic hydroxyl groups is 1. The fourth-order valence-corrected chi connectivity index (χ4v) is 5.15. The van der Waals surface area contributed by atoms with Crippen LogP contribution in [-0.4, -0.2) is 42.3 Å². The second-order valence-electron chi connectivity index (χ2n) is 8.27. The van der Waals surface area contributed by atoms with Crippen LogP contribution in [0.3, 0.4) is 0 Å². The van der Waals surface area contributed by atoms with E-state index in [4.69, 9.17) is 9.47 Å². The molecule has 1 aliphatic heterocycles. The zero-order chi connectivity index (χ0) is 21.3. The van der Waals surface area contributed by atoms with Crippen LogP contribution in [0.15, 0.2) is 42.5 Å². The van der Waals surface area contributed by atoms with Gasteiger partial charge in [-0.25, -0.2) is 4.39 Å². The van der Waals surface area contributed by atoms with Crippen LogP contribution in [0, 0.1) is 11.7 Å². The van der Waals surface area contributed by atoms with Crippen molar-refractivity contribution in [2.45, 2.75) is 43.7 Å². The fourth-order valence-electron chi connectivity index (χ4n) is 5.15. The number of carbonyl (C=O) groups excluding carboxylic acids is 1. The smallest absolute Gasteiger partial charge is 0.254 e. The molecule has 1 aliphatic carbocycles. The largest absolute Gasteiger partial charge is 0.497 e. The number of carbonyl (C=O) groups is 1. The number of piperidine rings is 1. The number of hydrogen-bond donors (Lipinski definition) is 1. The van der Waals surface area contributed by atoms with Crippen LogP contribution in [-0.2, 0) is 0 Å². The van der Waals surface area contributed by atoms with E-state index in [9.17, 15) is 14.3 Å². The lowest BCUT2D eigenvalue weighted by molar-refractivity contribution is -0.115. The van der Waals surface area contributed by atoms with E-state index in [1.807, 2.05) is 18.2 Å². The quantitative estimate of drug-likeness (QED) is 0.810. The highest BCUT2D eigenvalue weighted by Gasteiger charge is 2.51. The Morgan fingerprint density at radius 2 is 1.97 bits per heavy atom. The van der Waals surface area contributed by atoms with Gasteiger partial charge >= 0.3 is 0 Å². The van der Waals surface area contributed by atoms with Gasteiger partial charge in [-0.2, -0.15) is 0 Å². The SMILES string of the molecule is COc1ccc(OC)c(C2C3CCCCC3(O)CCN2C(=O)c2cccc(F)c2)c1. The van der Waals surface area contributed by atoms with E-state index < -0.39 is 11.4 Å². The summed E-state index contributed by atoms with van der Waals surface area (Å²) in [6, 6.07) is 10.9. The fraction of sp³-hybridized carbons (Fsp3) is 0.458. The molecule has 1 N–H and O–H groups in total. The summed E-state index contributed by atoms with van der Waals surface area (Å²) < 4.78 is 24.9. The van der Waals surface area contributed by atoms with Gasteiger partial charge in [0, 0.05) is 23.6 Å². The molecular weight excluding hydrogens is 385 g/mol. The van der Waals surface area contributed by atoms with Crippen molar-refractivity contribution in [2.24, 2.45) is 5.92 Å². The van der Waals surface area contributed by atoms with Gasteiger partial charge in [0.1, 0.15) is 17.3 Å². The Bertz CT molecular complexity index is 933. The average Bonchev–Trinajstić information content (AvgIpc) is 2.77. The van der Waals surface area contributed by atoms with Crippen molar-refractivity contribution in [1.82, 2.24) is 4.90 Å². The summed E-state index contributed by atoms with van der Waals surface area (Å²) in [4.78, 5) is 15.2. The predicted molar refractivity (Wildman–Crippen MR) is 111 cm³/mol. The van der Waals surface area contributed by atoms with Crippen LogP contribution in [0.2, 0.25) is 0 Å². The molecule has 4 rings (SSSR count). The molecule has 0 bridgehead atoms. The van der Waals surface area contributed by atoms with E-state index in [0.717, 1.165) is 31.2 Å². The number of methoxy groups -OCH3 is 2. The zero-order valence-electron chi connectivity index (χ0n) is 17.4. The molecule has 0 radical (unpaired) electrons. The first-order valence-corrected chi connectivity index (χ1v) is 10.5. The minimum Gasteiger partial charge on any atom is -0.497 e. The summed E-state index contributed by atoms with van der Waals surface area (Å²) in [6.07, 6.45) is 4.03.